The minimum absolute atomic E-state index is 0.0805. The van der Waals surface area contributed by atoms with Gasteiger partial charge in [-0.15, -0.1) is 0 Å². The van der Waals surface area contributed by atoms with Gasteiger partial charge in [0.1, 0.15) is 0 Å². The van der Waals surface area contributed by atoms with E-state index < -0.39 is 0 Å². The van der Waals surface area contributed by atoms with Crippen molar-refractivity contribution in [2.75, 3.05) is 6.54 Å². The normalized spacial score (nSPS) is 33.8. The molecule has 3 N–H and O–H groups in total. The van der Waals surface area contributed by atoms with E-state index in [1.807, 2.05) is 6.92 Å². The Bertz CT molecular complexity index is 269. The fourth-order valence-electron chi connectivity index (χ4n) is 3.31. The van der Waals surface area contributed by atoms with Crippen molar-refractivity contribution in [1.82, 2.24) is 4.90 Å². The van der Waals surface area contributed by atoms with Gasteiger partial charge in [-0.05, 0) is 45.1 Å². The first kappa shape index (κ1) is 12.8. The zero-order chi connectivity index (χ0) is 12.4. The van der Waals surface area contributed by atoms with Gasteiger partial charge in [0.15, 0.2) is 0 Å². The molecule has 0 saturated carbocycles. The molecule has 17 heavy (non-hydrogen) atoms. The Morgan fingerprint density at radius 2 is 2.00 bits per heavy atom. The molecule has 2 bridgehead atoms. The highest BCUT2D eigenvalue weighted by atomic mass is 16.3. The third-order valence-corrected chi connectivity index (χ3v) is 4.23. The van der Waals surface area contributed by atoms with Crippen molar-refractivity contribution in [3.63, 3.8) is 0 Å². The molecule has 0 aromatic heterocycles. The van der Waals surface area contributed by atoms with Gasteiger partial charge in [-0.1, -0.05) is 6.92 Å². The summed E-state index contributed by atoms with van der Waals surface area (Å²) >= 11 is 0. The Morgan fingerprint density at radius 1 is 1.41 bits per heavy atom. The quantitative estimate of drug-likeness (QED) is 0.766. The van der Waals surface area contributed by atoms with Crippen molar-refractivity contribution in [1.29, 1.82) is 0 Å². The number of nitrogens with two attached hydrogens (primary N) is 1. The van der Waals surface area contributed by atoms with E-state index in [4.69, 9.17) is 5.73 Å². The number of amides is 1. The summed E-state index contributed by atoms with van der Waals surface area (Å²) in [6.45, 7) is 2.66. The highest BCUT2D eigenvalue weighted by molar-refractivity contribution is 5.79. The number of piperidine rings is 1. The number of hydrogen-bond acceptors (Lipinski definition) is 3. The highest BCUT2D eigenvalue weighted by Gasteiger charge is 2.43. The van der Waals surface area contributed by atoms with Crippen LogP contribution in [0.15, 0.2) is 0 Å². The zero-order valence-corrected chi connectivity index (χ0v) is 10.6. The minimum atomic E-state index is -0.198. The lowest BCUT2D eigenvalue weighted by Crippen LogP contribution is -2.49. The van der Waals surface area contributed by atoms with Crippen LogP contribution >= 0.6 is 0 Å². The van der Waals surface area contributed by atoms with Gasteiger partial charge in [0, 0.05) is 18.0 Å². The van der Waals surface area contributed by atoms with Gasteiger partial charge in [0.2, 0.25) is 5.91 Å². The first-order valence-corrected chi connectivity index (χ1v) is 6.83. The Kier molecular flexibility index (Phi) is 4.05. The van der Waals surface area contributed by atoms with E-state index in [-0.39, 0.29) is 30.0 Å². The van der Waals surface area contributed by atoms with Crippen molar-refractivity contribution >= 4 is 5.91 Å². The van der Waals surface area contributed by atoms with Crippen LogP contribution < -0.4 is 5.73 Å². The third-order valence-electron chi connectivity index (χ3n) is 4.23. The monoisotopic (exact) mass is 240 g/mol. The summed E-state index contributed by atoms with van der Waals surface area (Å²) in [6.07, 6.45) is 5.27. The standard InChI is InChI=1S/C13H24N2O2/c1-9(3-2-6-14)13(17)15-10-4-5-11(15)8-12(16)7-10/h9-12,16H,2-8,14H2,1H3. The van der Waals surface area contributed by atoms with Gasteiger partial charge < -0.3 is 15.7 Å². The molecule has 2 heterocycles. The van der Waals surface area contributed by atoms with Crippen molar-refractivity contribution < 1.29 is 9.90 Å². The summed E-state index contributed by atoms with van der Waals surface area (Å²) < 4.78 is 0. The van der Waals surface area contributed by atoms with Gasteiger partial charge in [-0.25, -0.2) is 0 Å². The van der Waals surface area contributed by atoms with Crippen molar-refractivity contribution in [2.24, 2.45) is 11.7 Å². The molecule has 0 aromatic rings. The summed E-state index contributed by atoms with van der Waals surface area (Å²) in [5.41, 5.74) is 5.48. The fourth-order valence-corrected chi connectivity index (χ4v) is 3.31. The molecule has 3 unspecified atom stereocenters. The summed E-state index contributed by atoms with van der Waals surface area (Å²) in [5.74, 6) is 0.356. The summed E-state index contributed by atoms with van der Waals surface area (Å²) in [6, 6.07) is 0.577. The molecule has 2 aliphatic rings. The molecule has 98 valence electrons. The molecule has 2 rings (SSSR count). The summed E-state index contributed by atoms with van der Waals surface area (Å²) in [7, 11) is 0. The van der Waals surface area contributed by atoms with Gasteiger partial charge in [0.05, 0.1) is 6.10 Å². The molecule has 0 spiro atoms. The molecular weight excluding hydrogens is 216 g/mol. The molecule has 4 nitrogen and oxygen atoms in total. The van der Waals surface area contributed by atoms with Gasteiger partial charge in [-0.2, -0.15) is 0 Å². The molecule has 0 aromatic carbocycles. The molecule has 4 heteroatoms. The molecular formula is C13H24N2O2. The Hall–Kier alpha value is -0.610. The number of carbonyl (C=O) groups excluding carboxylic acids is 1. The zero-order valence-electron chi connectivity index (χ0n) is 10.6. The lowest BCUT2D eigenvalue weighted by atomic mass is 9.96. The van der Waals surface area contributed by atoms with E-state index in [1.54, 1.807) is 0 Å². The second kappa shape index (κ2) is 5.36. The molecule has 0 aliphatic carbocycles. The van der Waals surface area contributed by atoms with Crippen LogP contribution in [-0.2, 0) is 4.79 Å². The van der Waals surface area contributed by atoms with E-state index in [0.717, 1.165) is 38.5 Å². The van der Waals surface area contributed by atoms with Crippen molar-refractivity contribution in [3.05, 3.63) is 0 Å². The van der Waals surface area contributed by atoms with E-state index in [9.17, 15) is 9.90 Å². The molecule has 3 atom stereocenters. The highest BCUT2D eigenvalue weighted by Crippen LogP contribution is 2.36. The van der Waals surface area contributed by atoms with Gasteiger partial charge in [0.25, 0.3) is 0 Å². The number of rotatable bonds is 4. The van der Waals surface area contributed by atoms with E-state index in [0.29, 0.717) is 6.54 Å². The Labute approximate surface area is 103 Å². The first-order valence-electron chi connectivity index (χ1n) is 6.83. The predicted octanol–water partition coefficient (Wildman–Crippen LogP) is 0.876. The van der Waals surface area contributed by atoms with Crippen molar-refractivity contribution in [3.8, 4) is 0 Å². The number of hydrogen-bond donors (Lipinski definition) is 2. The molecule has 0 radical (unpaired) electrons. The molecule has 2 fully saturated rings. The maximum Gasteiger partial charge on any atom is 0.225 e. The molecule has 1 amide bonds. The minimum Gasteiger partial charge on any atom is -0.393 e. The second-order valence-corrected chi connectivity index (χ2v) is 5.59. The number of nitrogens with zero attached hydrogens (tertiary/aromatic N) is 1. The van der Waals surface area contributed by atoms with Crippen LogP contribution in [0.4, 0.5) is 0 Å². The maximum absolute atomic E-state index is 12.4. The smallest absolute Gasteiger partial charge is 0.225 e. The largest absolute Gasteiger partial charge is 0.393 e. The first-order chi connectivity index (χ1) is 8.13. The van der Waals surface area contributed by atoms with Crippen LogP contribution in [-0.4, -0.2) is 40.6 Å². The number of carbonyl (C=O) groups is 1. The van der Waals surface area contributed by atoms with Gasteiger partial charge >= 0.3 is 0 Å². The van der Waals surface area contributed by atoms with E-state index >= 15 is 0 Å². The average molecular weight is 240 g/mol. The van der Waals surface area contributed by atoms with Crippen molar-refractivity contribution in [2.45, 2.75) is 63.6 Å². The Balaban J connectivity index is 1.96. The van der Waals surface area contributed by atoms with E-state index in [1.165, 1.54) is 0 Å². The number of aliphatic hydroxyl groups excluding tert-OH is 1. The SMILES string of the molecule is CC(CCCN)C(=O)N1C2CCC1CC(O)C2. The topological polar surface area (TPSA) is 66.6 Å². The number of aliphatic hydroxyl groups is 1. The second-order valence-electron chi connectivity index (χ2n) is 5.59. The third kappa shape index (κ3) is 2.63. The average Bonchev–Trinajstić information content (AvgIpc) is 2.57. The van der Waals surface area contributed by atoms with E-state index in [2.05, 4.69) is 4.90 Å². The van der Waals surface area contributed by atoms with Crippen LogP contribution in [0.25, 0.3) is 0 Å². The molecule has 2 aliphatic heterocycles. The lowest BCUT2D eigenvalue weighted by Gasteiger charge is -2.38. The van der Waals surface area contributed by atoms with Crippen LogP contribution in [0.3, 0.4) is 0 Å². The van der Waals surface area contributed by atoms with Crippen LogP contribution in [0, 0.1) is 5.92 Å². The fraction of sp³-hybridized carbons (Fsp3) is 0.923. The van der Waals surface area contributed by atoms with Crippen LogP contribution in [0.2, 0.25) is 0 Å². The Morgan fingerprint density at radius 3 is 2.53 bits per heavy atom. The molecule has 2 saturated heterocycles. The van der Waals surface area contributed by atoms with Crippen LogP contribution in [0.5, 0.6) is 0 Å². The number of fused-ring (bicyclic) bond motifs is 2. The lowest BCUT2D eigenvalue weighted by molar-refractivity contribution is -0.141. The summed E-state index contributed by atoms with van der Waals surface area (Å²) in [5, 5.41) is 9.72. The van der Waals surface area contributed by atoms with Crippen LogP contribution in [0.1, 0.15) is 45.4 Å². The maximum atomic E-state index is 12.4. The summed E-state index contributed by atoms with van der Waals surface area (Å²) in [4.78, 5) is 14.4. The van der Waals surface area contributed by atoms with Gasteiger partial charge in [-0.3, -0.25) is 4.79 Å². The predicted molar refractivity (Wildman–Crippen MR) is 66.3 cm³/mol.